The molecule has 32 heavy (non-hydrogen) atoms. The first-order valence-corrected chi connectivity index (χ1v) is 10.5. The van der Waals surface area contributed by atoms with Crippen molar-refractivity contribution in [1.82, 2.24) is 4.57 Å². The van der Waals surface area contributed by atoms with Gasteiger partial charge in [0.05, 0.1) is 19.9 Å². The molecule has 0 amide bonds. The van der Waals surface area contributed by atoms with E-state index in [1.54, 1.807) is 14.2 Å². The van der Waals surface area contributed by atoms with Crippen LogP contribution in [0.5, 0.6) is 11.5 Å². The average molecular weight is 434 g/mol. The van der Waals surface area contributed by atoms with Gasteiger partial charge in [-0.2, -0.15) is 0 Å². The maximum Gasteiger partial charge on any atom is 0.341 e. The zero-order valence-electron chi connectivity index (χ0n) is 18.9. The van der Waals surface area contributed by atoms with Gasteiger partial charge in [-0.25, -0.2) is 4.79 Å². The summed E-state index contributed by atoms with van der Waals surface area (Å²) in [5, 5.41) is 9.49. The van der Waals surface area contributed by atoms with E-state index in [0.717, 1.165) is 28.0 Å². The molecule has 1 unspecified atom stereocenters. The highest BCUT2D eigenvalue weighted by Crippen LogP contribution is 2.45. The third kappa shape index (κ3) is 3.66. The second-order valence-electron chi connectivity index (χ2n) is 9.17. The van der Waals surface area contributed by atoms with Crippen molar-refractivity contribution in [2.24, 2.45) is 5.41 Å². The van der Waals surface area contributed by atoms with Crippen LogP contribution in [0.4, 0.5) is 0 Å². The fraction of sp³-hybridized carbons (Fsp3) is 0.308. The van der Waals surface area contributed by atoms with E-state index in [9.17, 15) is 14.7 Å². The van der Waals surface area contributed by atoms with E-state index in [-0.39, 0.29) is 17.0 Å². The first-order chi connectivity index (χ1) is 15.1. The van der Waals surface area contributed by atoms with E-state index in [4.69, 9.17) is 9.47 Å². The molecular weight excluding hydrogens is 406 g/mol. The highest BCUT2D eigenvalue weighted by molar-refractivity contribution is 5.88. The van der Waals surface area contributed by atoms with E-state index in [1.807, 2.05) is 34.9 Å². The molecule has 0 radical (unpaired) electrons. The average Bonchev–Trinajstić information content (AvgIpc) is 2.76. The maximum absolute atomic E-state index is 12.6. The predicted octanol–water partition coefficient (Wildman–Crippen LogP) is 5.04. The van der Waals surface area contributed by atoms with Crippen LogP contribution in [-0.4, -0.2) is 29.9 Å². The van der Waals surface area contributed by atoms with Crippen LogP contribution < -0.4 is 14.9 Å². The molecule has 2 aromatic carbocycles. The maximum atomic E-state index is 12.6. The Morgan fingerprint density at radius 2 is 1.72 bits per heavy atom. The molecule has 3 aromatic rings. The van der Waals surface area contributed by atoms with E-state index in [2.05, 4.69) is 26.8 Å². The first-order valence-electron chi connectivity index (χ1n) is 10.5. The summed E-state index contributed by atoms with van der Waals surface area (Å²) < 4.78 is 12.9. The lowest BCUT2D eigenvalue weighted by molar-refractivity contribution is 0.0693. The van der Waals surface area contributed by atoms with Crippen molar-refractivity contribution in [2.45, 2.75) is 33.2 Å². The number of carbonyl (C=O) groups is 1. The highest BCUT2D eigenvalue weighted by atomic mass is 16.5. The van der Waals surface area contributed by atoms with Crippen LogP contribution in [0.25, 0.3) is 22.4 Å². The standard InChI is InChI=1S/C26H27NO5/c1-26(2,3)24-11-16-10-19(15-6-8-17(31-4)9-7-15)23(32-5)12-18(16)21-13-22(28)20(25(29)30)14-27(21)24/h6-10,12-14,24H,11H2,1-5H3,(H,29,30). The monoisotopic (exact) mass is 433 g/mol. The fourth-order valence-electron chi connectivity index (χ4n) is 4.41. The first kappa shape index (κ1) is 21.7. The van der Waals surface area contributed by atoms with Gasteiger partial charge in [-0.3, -0.25) is 4.79 Å². The quantitative estimate of drug-likeness (QED) is 0.624. The van der Waals surface area contributed by atoms with Gasteiger partial charge in [0.15, 0.2) is 5.43 Å². The zero-order chi connectivity index (χ0) is 23.2. The summed E-state index contributed by atoms with van der Waals surface area (Å²) in [5.74, 6) is 0.252. The summed E-state index contributed by atoms with van der Waals surface area (Å²) in [5.41, 5.74) is 3.78. The number of pyridine rings is 1. The third-order valence-electron chi connectivity index (χ3n) is 6.16. The fourth-order valence-corrected chi connectivity index (χ4v) is 4.41. The second-order valence-corrected chi connectivity index (χ2v) is 9.17. The van der Waals surface area contributed by atoms with E-state index >= 15 is 0 Å². The zero-order valence-corrected chi connectivity index (χ0v) is 18.9. The van der Waals surface area contributed by atoms with Gasteiger partial charge in [0.2, 0.25) is 0 Å². The van der Waals surface area contributed by atoms with Crippen molar-refractivity contribution in [3.8, 4) is 33.9 Å². The van der Waals surface area contributed by atoms with Crippen LogP contribution in [0, 0.1) is 5.41 Å². The van der Waals surface area contributed by atoms with Gasteiger partial charge in [-0.15, -0.1) is 0 Å². The number of aromatic nitrogens is 1. The summed E-state index contributed by atoms with van der Waals surface area (Å²) >= 11 is 0. The van der Waals surface area contributed by atoms with Crippen LogP contribution in [-0.2, 0) is 6.42 Å². The number of ether oxygens (including phenoxy) is 2. The molecule has 1 N–H and O–H groups in total. The SMILES string of the molecule is COc1ccc(-c2cc3c(cc2OC)-c2cc(=O)c(C(=O)O)cn2C(C(C)(C)C)C3)cc1. The van der Waals surface area contributed by atoms with Crippen molar-refractivity contribution in [2.75, 3.05) is 14.2 Å². The lowest BCUT2D eigenvalue weighted by atomic mass is 9.78. The molecule has 0 aliphatic carbocycles. The Bertz CT molecular complexity index is 1250. The van der Waals surface area contributed by atoms with Crippen molar-refractivity contribution in [1.29, 1.82) is 0 Å². The number of hydrogen-bond acceptors (Lipinski definition) is 4. The number of carboxylic acids is 1. The van der Waals surface area contributed by atoms with Crippen LogP contribution in [0.2, 0.25) is 0 Å². The van der Waals surface area contributed by atoms with Crippen LogP contribution in [0.1, 0.15) is 42.7 Å². The molecule has 0 spiro atoms. The number of carboxylic acid groups (broad SMARTS) is 1. The molecule has 0 fully saturated rings. The van der Waals surface area contributed by atoms with Gasteiger partial charge in [-0.05, 0) is 47.2 Å². The third-order valence-corrected chi connectivity index (χ3v) is 6.16. The number of aromatic carboxylic acids is 1. The molecule has 0 saturated carbocycles. The Kier molecular flexibility index (Phi) is 5.33. The molecule has 2 heterocycles. The van der Waals surface area contributed by atoms with Crippen molar-refractivity contribution in [3.05, 3.63) is 70.0 Å². The smallest absolute Gasteiger partial charge is 0.341 e. The molecule has 6 heteroatoms. The van der Waals surface area contributed by atoms with Gasteiger partial charge in [0.25, 0.3) is 0 Å². The summed E-state index contributed by atoms with van der Waals surface area (Å²) in [4.78, 5) is 24.2. The number of fused-ring (bicyclic) bond motifs is 3. The van der Waals surface area contributed by atoms with Gasteiger partial charge in [-0.1, -0.05) is 32.9 Å². The van der Waals surface area contributed by atoms with Crippen molar-refractivity contribution >= 4 is 5.97 Å². The largest absolute Gasteiger partial charge is 0.497 e. The molecule has 1 aliphatic heterocycles. The Morgan fingerprint density at radius 3 is 2.28 bits per heavy atom. The molecule has 0 bridgehead atoms. The Hall–Kier alpha value is -3.54. The second kappa shape index (κ2) is 7.86. The summed E-state index contributed by atoms with van der Waals surface area (Å²) in [6, 6.07) is 13.3. The van der Waals surface area contributed by atoms with Gasteiger partial charge in [0, 0.05) is 29.4 Å². The van der Waals surface area contributed by atoms with Gasteiger partial charge in [0.1, 0.15) is 17.1 Å². The molecule has 6 nitrogen and oxygen atoms in total. The van der Waals surface area contributed by atoms with Gasteiger partial charge >= 0.3 is 5.97 Å². The van der Waals surface area contributed by atoms with Crippen molar-refractivity contribution < 1.29 is 19.4 Å². The molecule has 0 saturated heterocycles. The number of benzene rings is 2. The minimum absolute atomic E-state index is 0.0131. The summed E-state index contributed by atoms with van der Waals surface area (Å²) in [6.45, 7) is 6.37. The molecular formula is C26H27NO5. The Balaban J connectivity index is 1.96. The number of nitrogens with zero attached hydrogens (tertiary/aromatic N) is 1. The molecule has 1 aromatic heterocycles. The van der Waals surface area contributed by atoms with Crippen LogP contribution in [0.3, 0.4) is 0 Å². The topological polar surface area (TPSA) is 77.8 Å². The molecule has 4 rings (SSSR count). The van der Waals surface area contributed by atoms with E-state index in [0.29, 0.717) is 17.9 Å². The molecule has 1 atom stereocenters. The van der Waals surface area contributed by atoms with Crippen LogP contribution >= 0.6 is 0 Å². The van der Waals surface area contributed by atoms with Crippen LogP contribution in [0.15, 0.2) is 53.5 Å². The lowest BCUT2D eigenvalue weighted by Crippen LogP contribution is -2.32. The Morgan fingerprint density at radius 1 is 1.03 bits per heavy atom. The number of methoxy groups -OCH3 is 2. The van der Waals surface area contributed by atoms with E-state index in [1.165, 1.54) is 12.3 Å². The number of rotatable bonds is 4. The number of hydrogen-bond donors (Lipinski definition) is 1. The lowest BCUT2D eigenvalue weighted by Gasteiger charge is -2.39. The Labute approximate surface area is 187 Å². The minimum atomic E-state index is -1.21. The predicted molar refractivity (Wildman–Crippen MR) is 124 cm³/mol. The summed E-state index contributed by atoms with van der Waals surface area (Å²) in [6.07, 6.45) is 2.20. The van der Waals surface area contributed by atoms with Gasteiger partial charge < -0.3 is 19.1 Å². The van der Waals surface area contributed by atoms with Crippen molar-refractivity contribution in [3.63, 3.8) is 0 Å². The van der Waals surface area contributed by atoms with E-state index < -0.39 is 11.4 Å². The summed E-state index contributed by atoms with van der Waals surface area (Å²) in [7, 11) is 3.26. The highest BCUT2D eigenvalue weighted by Gasteiger charge is 2.34. The molecule has 166 valence electrons. The normalized spacial score (nSPS) is 15.0. The minimum Gasteiger partial charge on any atom is -0.497 e. The molecule has 1 aliphatic rings.